The molecule has 7 aromatic rings. The monoisotopic (exact) mass is 788 g/mol. The highest BCUT2D eigenvalue weighted by Crippen LogP contribution is 2.62. The lowest BCUT2D eigenvalue weighted by atomic mass is 9.66. The summed E-state index contributed by atoms with van der Waals surface area (Å²) in [6, 6.07) is 61.8. The summed E-state index contributed by atoms with van der Waals surface area (Å²) in [5.74, 6) is 2.17. The van der Waals surface area contributed by atoms with Crippen molar-refractivity contribution in [2.75, 3.05) is 0 Å². The number of hydrogen-bond donors (Lipinski definition) is 1. The van der Waals surface area contributed by atoms with Gasteiger partial charge in [-0.25, -0.2) is 9.98 Å². The molecule has 4 nitrogen and oxygen atoms in total. The summed E-state index contributed by atoms with van der Waals surface area (Å²) in [6.07, 6.45) is 11.0. The van der Waals surface area contributed by atoms with E-state index in [9.17, 15) is 0 Å². The summed E-state index contributed by atoms with van der Waals surface area (Å²) in [6.45, 7) is 0. The third-order valence-corrected chi connectivity index (χ3v) is 14.1. The molecule has 3 unspecified atom stereocenters. The van der Waals surface area contributed by atoms with Crippen molar-refractivity contribution in [3.05, 3.63) is 244 Å². The number of allylic oxidation sites excluding steroid dienone is 4. The Balaban J connectivity index is 1.00. The predicted molar refractivity (Wildman–Crippen MR) is 246 cm³/mol. The third-order valence-electron chi connectivity index (χ3n) is 13.0. The smallest absolute Gasteiger partial charge is 0.159 e. The first-order valence-corrected chi connectivity index (χ1v) is 21.7. The van der Waals surface area contributed by atoms with Crippen molar-refractivity contribution >= 4 is 35.3 Å². The van der Waals surface area contributed by atoms with Gasteiger partial charge in [-0.2, -0.15) is 0 Å². The van der Waals surface area contributed by atoms with Crippen LogP contribution in [0.4, 0.5) is 5.69 Å². The van der Waals surface area contributed by atoms with Crippen LogP contribution in [0.2, 0.25) is 0 Å². The summed E-state index contributed by atoms with van der Waals surface area (Å²) in [4.78, 5) is 17.8. The van der Waals surface area contributed by atoms with Crippen molar-refractivity contribution in [3.8, 4) is 11.1 Å². The highest BCUT2D eigenvalue weighted by Gasteiger charge is 2.50. The molecule has 0 radical (unpaired) electrons. The van der Waals surface area contributed by atoms with Crippen molar-refractivity contribution < 1.29 is 0 Å². The quantitative estimate of drug-likeness (QED) is 0.189. The first kappa shape index (κ1) is 35.2. The Morgan fingerprint density at radius 3 is 2.03 bits per heavy atom. The molecular formula is C55H40N4S. The largest absolute Gasteiger partial charge is 0.344 e. The first-order chi connectivity index (χ1) is 29.7. The second-order valence-corrected chi connectivity index (χ2v) is 17.3. The van der Waals surface area contributed by atoms with Crippen molar-refractivity contribution in [2.24, 2.45) is 15.0 Å². The Kier molecular flexibility index (Phi) is 8.31. The summed E-state index contributed by atoms with van der Waals surface area (Å²) in [5.41, 5.74) is 15.6. The number of rotatable bonds is 5. The lowest BCUT2D eigenvalue weighted by Gasteiger charge is -2.40. The van der Waals surface area contributed by atoms with E-state index < -0.39 is 5.41 Å². The van der Waals surface area contributed by atoms with Gasteiger partial charge in [0.25, 0.3) is 0 Å². The molecule has 0 saturated carbocycles. The zero-order valence-corrected chi connectivity index (χ0v) is 33.7. The fourth-order valence-corrected chi connectivity index (χ4v) is 11.3. The van der Waals surface area contributed by atoms with Gasteiger partial charge in [0, 0.05) is 39.0 Å². The molecule has 60 heavy (non-hydrogen) atoms. The van der Waals surface area contributed by atoms with Crippen LogP contribution >= 0.6 is 11.8 Å². The number of fused-ring (bicyclic) bond motifs is 10. The van der Waals surface area contributed by atoms with Gasteiger partial charge in [-0.05, 0) is 92.8 Å². The average molecular weight is 789 g/mol. The molecule has 5 heteroatoms. The average Bonchev–Trinajstić information content (AvgIpc) is 3.62. The lowest BCUT2D eigenvalue weighted by molar-refractivity contribution is 0.674. The van der Waals surface area contributed by atoms with E-state index in [2.05, 4.69) is 194 Å². The van der Waals surface area contributed by atoms with Crippen LogP contribution in [0.25, 0.3) is 11.1 Å². The van der Waals surface area contributed by atoms with Gasteiger partial charge in [-0.1, -0.05) is 176 Å². The summed E-state index contributed by atoms with van der Waals surface area (Å²) in [7, 11) is 0. The SMILES string of the molecule is C1=CC(c2ccc3c(c2)C2(c4cc(C5=NC(c6ccccc6)NC(c6ccccc6)=N5)ccc4S3)c3ccccc3-c3ccccc32)CC=C1C1CC=Nc2ccccc21. The maximum atomic E-state index is 5.31. The van der Waals surface area contributed by atoms with Gasteiger partial charge in [0.05, 0.1) is 11.1 Å². The standard InChI is InChI=1S/C55H40N4S/c1-3-13-37(14-4-1)52-57-53(38-15-5-2-6-16-38)59-54(58-52)40-28-30-51-48(34-40)55(45-20-10-7-17-42(45)43-18-8-11-21-46(43)55)47-33-39(27-29-50(47)60-51)35-23-25-36(26-24-35)41-31-32-56-49-22-12-9-19-44(41)49/h1-23,25-30,32-35,41,52H,24,31H2,(H,57,58,59). The molecule has 0 fully saturated rings. The minimum atomic E-state index is -0.530. The van der Waals surface area contributed by atoms with Gasteiger partial charge >= 0.3 is 0 Å². The molecule has 2 aliphatic carbocycles. The van der Waals surface area contributed by atoms with E-state index in [0.717, 1.165) is 46.9 Å². The topological polar surface area (TPSA) is 49.1 Å². The molecule has 0 amide bonds. The summed E-state index contributed by atoms with van der Waals surface area (Å²) in [5, 5.41) is 3.64. The van der Waals surface area contributed by atoms with Crippen LogP contribution in [0.15, 0.2) is 218 Å². The van der Waals surface area contributed by atoms with Gasteiger partial charge < -0.3 is 5.32 Å². The highest BCUT2D eigenvalue weighted by atomic mass is 32.2. The van der Waals surface area contributed by atoms with Crippen molar-refractivity contribution in [1.82, 2.24) is 5.32 Å². The molecule has 3 aliphatic heterocycles. The van der Waals surface area contributed by atoms with E-state index >= 15 is 0 Å². The number of para-hydroxylation sites is 1. The number of aliphatic imine (C=N–C) groups is 3. The van der Waals surface area contributed by atoms with Crippen LogP contribution in [-0.4, -0.2) is 17.9 Å². The zero-order valence-electron chi connectivity index (χ0n) is 32.9. The van der Waals surface area contributed by atoms with Gasteiger partial charge in [0.1, 0.15) is 12.0 Å². The van der Waals surface area contributed by atoms with Crippen LogP contribution in [0.1, 0.15) is 80.9 Å². The number of benzene rings is 7. The molecule has 1 spiro atoms. The minimum absolute atomic E-state index is 0.274. The van der Waals surface area contributed by atoms with Crippen LogP contribution < -0.4 is 5.32 Å². The van der Waals surface area contributed by atoms with Gasteiger partial charge in [0.2, 0.25) is 0 Å². The molecular weight excluding hydrogens is 749 g/mol. The van der Waals surface area contributed by atoms with Crippen molar-refractivity contribution in [2.45, 2.75) is 46.0 Å². The second kappa shape index (κ2) is 14.2. The fourth-order valence-electron chi connectivity index (χ4n) is 10.2. The lowest BCUT2D eigenvalue weighted by Crippen LogP contribution is -2.34. The predicted octanol–water partition coefficient (Wildman–Crippen LogP) is 12.9. The Hall–Kier alpha value is -6.82. The molecule has 3 atom stereocenters. The molecule has 1 N–H and O–H groups in total. The molecule has 5 aliphatic rings. The number of nitrogens with zero attached hydrogens (tertiary/aromatic N) is 3. The Morgan fingerprint density at radius 1 is 0.583 bits per heavy atom. The van der Waals surface area contributed by atoms with Crippen molar-refractivity contribution in [3.63, 3.8) is 0 Å². The highest BCUT2D eigenvalue weighted by molar-refractivity contribution is 7.99. The van der Waals surface area contributed by atoms with Crippen LogP contribution in [0.3, 0.4) is 0 Å². The number of amidine groups is 2. The van der Waals surface area contributed by atoms with Gasteiger partial charge in [-0.15, -0.1) is 0 Å². The Labute approximate surface area is 354 Å². The van der Waals surface area contributed by atoms with E-state index in [4.69, 9.17) is 15.0 Å². The van der Waals surface area contributed by atoms with Crippen molar-refractivity contribution in [1.29, 1.82) is 0 Å². The third kappa shape index (κ3) is 5.56. The van der Waals surface area contributed by atoms with Crippen LogP contribution in [0, 0.1) is 0 Å². The molecule has 7 aromatic carbocycles. The fraction of sp³-hybridized carbons (Fsp3) is 0.109. The Morgan fingerprint density at radius 2 is 1.27 bits per heavy atom. The molecule has 0 saturated heterocycles. The maximum absolute atomic E-state index is 5.31. The van der Waals surface area contributed by atoms with Gasteiger partial charge in [0.15, 0.2) is 5.84 Å². The Bertz CT molecular complexity index is 2970. The second-order valence-electron chi connectivity index (χ2n) is 16.2. The summed E-state index contributed by atoms with van der Waals surface area (Å²) < 4.78 is 0. The normalized spacial score (nSPS) is 20.1. The molecule has 0 aromatic heterocycles. The number of hydrogen-bond acceptors (Lipinski definition) is 5. The molecule has 12 rings (SSSR count). The molecule has 286 valence electrons. The van der Waals surface area contributed by atoms with E-state index in [0.29, 0.717) is 5.92 Å². The van der Waals surface area contributed by atoms with E-state index in [1.807, 2.05) is 17.8 Å². The number of nitrogens with one attached hydrogen (secondary N) is 1. The zero-order chi connectivity index (χ0) is 39.6. The first-order valence-electron chi connectivity index (χ1n) is 20.9. The maximum Gasteiger partial charge on any atom is 0.159 e. The van der Waals surface area contributed by atoms with E-state index in [-0.39, 0.29) is 12.1 Å². The van der Waals surface area contributed by atoms with Crippen LogP contribution in [0.5, 0.6) is 0 Å². The minimum Gasteiger partial charge on any atom is -0.344 e. The van der Waals surface area contributed by atoms with Gasteiger partial charge in [-0.3, -0.25) is 4.99 Å². The van der Waals surface area contributed by atoms with Crippen LogP contribution in [-0.2, 0) is 5.41 Å². The van der Waals surface area contributed by atoms with E-state index in [1.54, 1.807) is 0 Å². The van der Waals surface area contributed by atoms with E-state index in [1.165, 1.54) is 59.9 Å². The summed E-state index contributed by atoms with van der Waals surface area (Å²) >= 11 is 1.88. The molecule has 3 heterocycles. The molecule has 0 bridgehead atoms.